The Kier molecular flexibility index (Phi) is 5.60. The summed E-state index contributed by atoms with van der Waals surface area (Å²) in [6.45, 7) is 3.57. The molecule has 0 bridgehead atoms. The number of ether oxygens (including phenoxy) is 2. The van der Waals surface area contributed by atoms with Crippen LogP contribution in [0.2, 0.25) is 5.02 Å². The van der Waals surface area contributed by atoms with Crippen LogP contribution in [0.5, 0.6) is 5.75 Å². The van der Waals surface area contributed by atoms with Crippen LogP contribution >= 0.6 is 11.6 Å². The summed E-state index contributed by atoms with van der Waals surface area (Å²) < 4.78 is 13.1. The topological polar surface area (TPSA) is 65.4 Å². The Balaban J connectivity index is 1.50. The van der Waals surface area contributed by atoms with Crippen LogP contribution in [-0.4, -0.2) is 34.9 Å². The monoisotopic (exact) mass is 363 g/mol. The van der Waals surface area contributed by atoms with E-state index in [1.54, 1.807) is 31.2 Å². The van der Waals surface area contributed by atoms with Crippen LogP contribution in [0.3, 0.4) is 0 Å². The molecule has 1 aromatic carbocycles. The van der Waals surface area contributed by atoms with Gasteiger partial charge in [-0.25, -0.2) is 0 Å². The summed E-state index contributed by atoms with van der Waals surface area (Å²) in [4.78, 5) is 12.2. The van der Waals surface area contributed by atoms with E-state index in [0.29, 0.717) is 30.3 Å². The SMILES string of the molecule is CC(Oc1ccc(Cl)cc1)C(=O)NCCc1nn(C)c2c1COCC2. The number of halogens is 1. The molecule has 0 saturated carbocycles. The Labute approximate surface area is 152 Å². The highest BCUT2D eigenvalue weighted by molar-refractivity contribution is 6.30. The molecule has 0 spiro atoms. The number of carbonyl (C=O) groups excluding carboxylic acids is 1. The molecule has 1 aliphatic heterocycles. The van der Waals surface area contributed by atoms with Gasteiger partial charge >= 0.3 is 0 Å². The zero-order valence-corrected chi connectivity index (χ0v) is 15.2. The van der Waals surface area contributed by atoms with E-state index in [1.165, 1.54) is 5.69 Å². The average molecular weight is 364 g/mol. The molecular formula is C18H22ClN3O3. The molecule has 0 fully saturated rings. The molecule has 3 rings (SSSR count). The quantitative estimate of drug-likeness (QED) is 0.855. The Hall–Kier alpha value is -2.05. The van der Waals surface area contributed by atoms with Crippen molar-refractivity contribution in [3.8, 4) is 5.75 Å². The Morgan fingerprint density at radius 3 is 2.96 bits per heavy atom. The molecule has 0 aliphatic carbocycles. The highest BCUT2D eigenvalue weighted by atomic mass is 35.5. The number of aryl methyl sites for hydroxylation is 1. The molecule has 0 radical (unpaired) electrons. The number of hydrogen-bond donors (Lipinski definition) is 1. The molecule has 1 unspecified atom stereocenters. The van der Waals surface area contributed by atoms with Gasteiger partial charge in [-0.05, 0) is 31.2 Å². The predicted octanol–water partition coefficient (Wildman–Crippen LogP) is 2.27. The summed E-state index contributed by atoms with van der Waals surface area (Å²) in [5.74, 6) is 0.457. The van der Waals surface area contributed by atoms with Gasteiger partial charge in [-0.15, -0.1) is 0 Å². The summed E-state index contributed by atoms with van der Waals surface area (Å²) >= 11 is 5.84. The summed E-state index contributed by atoms with van der Waals surface area (Å²) in [5, 5.41) is 8.08. The Morgan fingerprint density at radius 1 is 1.44 bits per heavy atom. The smallest absolute Gasteiger partial charge is 0.260 e. The largest absolute Gasteiger partial charge is 0.481 e. The number of amides is 1. The number of fused-ring (bicyclic) bond motifs is 1. The zero-order valence-electron chi connectivity index (χ0n) is 14.4. The molecule has 1 atom stereocenters. The van der Waals surface area contributed by atoms with E-state index < -0.39 is 6.10 Å². The first-order valence-electron chi connectivity index (χ1n) is 8.36. The van der Waals surface area contributed by atoms with Crippen molar-refractivity contribution in [1.82, 2.24) is 15.1 Å². The highest BCUT2D eigenvalue weighted by Gasteiger charge is 2.20. The number of carbonyl (C=O) groups is 1. The number of nitrogens with one attached hydrogen (secondary N) is 1. The van der Waals surface area contributed by atoms with Gasteiger partial charge in [0, 0.05) is 42.7 Å². The average Bonchev–Trinajstić information content (AvgIpc) is 2.93. The van der Waals surface area contributed by atoms with Gasteiger partial charge in [0.2, 0.25) is 0 Å². The molecule has 134 valence electrons. The Bertz CT molecular complexity index is 743. The zero-order chi connectivity index (χ0) is 17.8. The molecule has 6 nitrogen and oxygen atoms in total. The maximum Gasteiger partial charge on any atom is 0.260 e. The lowest BCUT2D eigenvalue weighted by Gasteiger charge is -2.15. The van der Waals surface area contributed by atoms with Gasteiger partial charge in [-0.2, -0.15) is 5.10 Å². The van der Waals surface area contributed by atoms with E-state index in [1.807, 2.05) is 11.7 Å². The predicted molar refractivity (Wildman–Crippen MR) is 94.8 cm³/mol. The summed E-state index contributed by atoms with van der Waals surface area (Å²) in [6, 6.07) is 6.94. The molecular weight excluding hydrogens is 342 g/mol. The molecule has 25 heavy (non-hydrogen) atoms. The standard InChI is InChI=1S/C18H22ClN3O3/c1-12(25-14-5-3-13(19)4-6-14)18(23)20-9-7-16-15-11-24-10-8-17(15)22(2)21-16/h3-6,12H,7-11H2,1-2H3,(H,20,23). The van der Waals surface area contributed by atoms with Crippen molar-refractivity contribution in [3.63, 3.8) is 0 Å². The lowest BCUT2D eigenvalue weighted by molar-refractivity contribution is -0.127. The van der Waals surface area contributed by atoms with Gasteiger partial charge in [0.1, 0.15) is 5.75 Å². The first-order valence-corrected chi connectivity index (χ1v) is 8.73. The first kappa shape index (κ1) is 17.8. The number of aromatic nitrogens is 2. The summed E-state index contributed by atoms with van der Waals surface area (Å²) in [6.07, 6.45) is 0.977. The minimum Gasteiger partial charge on any atom is -0.481 e. The lowest BCUT2D eigenvalue weighted by Crippen LogP contribution is -2.37. The van der Waals surface area contributed by atoms with Crippen molar-refractivity contribution < 1.29 is 14.3 Å². The van der Waals surface area contributed by atoms with Crippen molar-refractivity contribution in [2.75, 3.05) is 13.2 Å². The van der Waals surface area contributed by atoms with Crippen LogP contribution in [0.1, 0.15) is 23.9 Å². The van der Waals surface area contributed by atoms with E-state index in [4.69, 9.17) is 21.1 Å². The number of benzene rings is 1. The van der Waals surface area contributed by atoms with Crippen molar-refractivity contribution in [2.45, 2.75) is 32.5 Å². The summed E-state index contributed by atoms with van der Waals surface area (Å²) in [5.41, 5.74) is 3.38. The fourth-order valence-corrected chi connectivity index (χ4v) is 3.03. The van der Waals surface area contributed by atoms with E-state index in [-0.39, 0.29) is 5.91 Å². The number of nitrogens with zero attached hydrogens (tertiary/aromatic N) is 2. The molecule has 1 aromatic heterocycles. The molecule has 1 aliphatic rings. The van der Waals surface area contributed by atoms with Crippen molar-refractivity contribution in [2.24, 2.45) is 7.05 Å². The third-order valence-electron chi connectivity index (χ3n) is 4.24. The minimum absolute atomic E-state index is 0.156. The normalized spacial score (nSPS) is 14.7. The van der Waals surface area contributed by atoms with Gasteiger partial charge < -0.3 is 14.8 Å². The molecule has 1 amide bonds. The second-order valence-corrected chi connectivity index (χ2v) is 6.49. The second kappa shape index (κ2) is 7.89. The van der Waals surface area contributed by atoms with Crippen molar-refractivity contribution in [1.29, 1.82) is 0 Å². The highest BCUT2D eigenvalue weighted by Crippen LogP contribution is 2.20. The fraction of sp³-hybridized carbons (Fsp3) is 0.444. The molecule has 2 aromatic rings. The van der Waals surface area contributed by atoms with E-state index in [9.17, 15) is 4.79 Å². The third kappa shape index (κ3) is 4.32. The fourth-order valence-electron chi connectivity index (χ4n) is 2.91. The van der Waals surface area contributed by atoms with Gasteiger partial charge in [-0.3, -0.25) is 9.48 Å². The number of rotatable bonds is 6. The van der Waals surface area contributed by atoms with Crippen molar-refractivity contribution >= 4 is 17.5 Å². The van der Waals surface area contributed by atoms with E-state index in [2.05, 4.69) is 10.4 Å². The van der Waals surface area contributed by atoms with E-state index >= 15 is 0 Å². The van der Waals surface area contributed by atoms with E-state index in [0.717, 1.165) is 24.3 Å². The Morgan fingerprint density at radius 2 is 2.20 bits per heavy atom. The molecule has 7 heteroatoms. The maximum absolute atomic E-state index is 12.2. The molecule has 1 N–H and O–H groups in total. The first-order chi connectivity index (χ1) is 12.0. The minimum atomic E-state index is -0.581. The second-order valence-electron chi connectivity index (χ2n) is 6.05. The van der Waals surface area contributed by atoms with Crippen LogP contribution in [-0.2, 0) is 36.0 Å². The van der Waals surface area contributed by atoms with Gasteiger partial charge in [-0.1, -0.05) is 11.6 Å². The maximum atomic E-state index is 12.2. The van der Waals surface area contributed by atoms with Crippen LogP contribution in [0.15, 0.2) is 24.3 Å². The van der Waals surface area contributed by atoms with Gasteiger partial charge in [0.05, 0.1) is 18.9 Å². The molecule has 2 heterocycles. The lowest BCUT2D eigenvalue weighted by atomic mass is 10.1. The third-order valence-corrected chi connectivity index (χ3v) is 4.50. The molecule has 0 saturated heterocycles. The van der Waals surface area contributed by atoms with Crippen LogP contribution < -0.4 is 10.1 Å². The van der Waals surface area contributed by atoms with Crippen LogP contribution in [0.4, 0.5) is 0 Å². The van der Waals surface area contributed by atoms with Crippen molar-refractivity contribution in [3.05, 3.63) is 46.2 Å². The number of hydrogen-bond acceptors (Lipinski definition) is 4. The van der Waals surface area contributed by atoms with Gasteiger partial charge in [0.15, 0.2) is 6.10 Å². The van der Waals surface area contributed by atoms with Gasteiger partial charge in [0.25, 0.3) is 5.91 Å². The van der Waals surface area contributed by atoms with Crippen LogP contribution in [0, 0.1) is 0 Å². The summed E-state index contributed by atoms with van der Waals surface area (Å²) in [7, 11) is 1.95. The van der Waals surface area contributed by atoms with Crippen LogP contribution in [0.25, 0.3) is 0 Å².